The van der Waals surface area contributed by atoms with Gasteiger partial charge in [-0.25, -0.2) is 13.6 Å². The van der Waals surface area contributed by atoms with E-state index in [1.54, 1.807) is 6.92 Å². The third-order valence-electron chi connectivity index (χ3n) is 2.15. The number of benzene rings is 1. The lowest BCUT2D eigenvalue weighted by molar-refractivity contribution is 0.148. The van der Waals surface area contributed by atoms with E-state index in [1.807, 2.05) is 0 Å². The molecule has 1 aromatic carbocycles. The third-order valence-corrected chi connectivity index (χ3v) is 2.15. The number of hydrogen-bond acceptors (Lipinski definition) is 3. The Morgan fingerprint density at radius 2 is 2.06 bits per heavy atom. The molecule has 94 valence electrons. The fourth-order valence-electron chi connectivity index (χ4n) is 1.41. The molecule has 1 aromatic rings. The Bertz CT molecular complexity index is 379. The smallest absolute Gasteiger partial charge is 0.407 e. The first-order chi connectivity index (χ1) is 8.10. The highest BCUT2D eigenvalue weighted by Gasteiger charge is 2.20. The van der Waals surface area contributed by atoms with Crippen LogP contribution >= 0.6 is 0 Å². The number of amides is 1. The molecule has 0 saturated carbocycles. The highest BCUT2D eigenvalue weighted by Crippen LogP contribution is 2.19. The van der Waals surface area contributed by atoms with E-state index in [1.165, 1.54) is 6.07 Å². The first-order valence-electron chi connectivity index (χ1n) is 5.17. The summed E-state index contributed by atoms with van der Waals surface area (Å²) in [6.07, 6.45) is -0.759. The predicted molar refractivity (Wildman–Crippen MR) is 58.3 cm³/mol. The van der Waals surface area contributed by atoms with Crippen molar-refractivity contribution in [2.75, 3.05) is 13.2 Å². The number of carbonyl (C=O) groups excluding carboxylic acids is 1. The Morgan fingerprint density at radius 1 is 1.47 bits per heavy atom. The fourth-order valence-corrected chi connectivity index (χ4v) is 1.41. The van der Waals surface area contributed by atoms with Crippen LogP contribution in [-0.4, -0.2) is 19.2 Å². The number of rotatable bonds is 4. The summed E-state index contributed by atoms with van der Waals surface area (Å²) in [4.78, 5) is 11.2. The van der Waals surface area contributed by atoms with E-state index in [4.69, 9.17) is 5.73 Å². The second-order valence-electron chi connectivity index (χ2n) is 3.29. The molecular weight excluding hydrogens is 230 g/mol. The minimum atomic E-state index is -0.949. The quantitative estimate of drug-likeness (QED) is 0.847. The Labute approximate surface area is 97.8 Å². The summed E-state index contributed by atoms with van der Waals surface area (Å²) in [5.41, 5.74) is 5.12. The molecule has 0 radical (unpaired) electrons. The summed E-state index contributed by atoms with van der Waals surface area (Å²) in [5, 5.41) is 2.30. The van der Waals surface area contributed by atoms with Gasteiger partial charge in [-0.2, -0.15) is 0 Å². The van der Waals surface area contributed by atoms with Crippen LogP contribution in [0.3, 0.4) is 0 Å². The normalized spacial score (nSPS) is 12.0. The van der Waals surface area contributed by atoms with Crippen LogP contribution in [0.25, 0.3) is 0 Å². The second-order valence-corrected chi connectivity index (χ2v) is 3.29. The molecule has 4 nitrogen and oxygen atoms in total. The van der Waals surface area contributed by atoms with Crippen LogP contribution < -0.4 is 11.1 Å². The molecule has 0 bridgehead atoms. The predicted octanol–water partition coefficient (Wildman–Crippen LogP) is 1.71. The topological polar surface area (TPSA) is 64.3 Å². The van der Waals surface area contributed by atoms with Crippen molar-refractivity contribution in [3.63, 3.8) is 0 Å². The maximum absolute atomic E-state index is 13.4. The lowest BCUT2D eigenvalue weighted by atomic mass is 10.1. The van der Waals surface area contributed by atoms with Gasteiger partial charge in [0.1, 0.15) is 11.6 Å². The van der Waals surface area contributed by atoms with Gasteiger partial charge in [-0.1, -0.05) is 6.07 Å². The van der Waals surface area contributed by atoms with E-state index < -0.39 is 23.8 Å². The maximum atomic E-state index is 13.4. The molecule has 0 spiro atoms. The van der Waals surface area contributed by atoms with Gasteiger partial charge in [-0.15, -0.1) is 0 Å². The number of nitrogens with one attached hydrogen (secondary N) is 1. The van der Waals surface area contributed by atoms with Gasteiger partial charge in [-0.3, -0.25) is 0 Å². The third kappa shape index (κ3) is 3.39. The van der Waals surface area contributed by atoms with E-state index in [-0.39, 0.29) is 18.7 Å². The summed E-state index contributed by atoms with van der Waals surface area (Å²) >= 11 is 0. The van der Waals surface area contributed by atoms with Crippen LogP contribution in [-0.2, 0) is 4.74 Å². The molecule has 1 atom stereocenters. The standard InChI is InChI=1S/C11H14F2N2O2/c1-2-17-11(16)15-9(6-14)10-7(12)4-3-5-8(10)13/h3-5,9H,2,6,14H2,1H3,(H,15,16). The van der Waals surface area contributed by atoms with E-state index in [0.29, 0.717) is 0 Å². The maximum Gasteiger partial charge on any atom is 0.407 e. The van der Waals surface area contributed by atoms with E-state index in [9.17, 15) is 13.6 Å². The van der Waals surface area contributed by atoms with Gasteiger partial charge in [0.25, 0.3) is 0 Å². The van der Waals surface area contributed by atoms with Crippen molar-refractivity contribution in [2.45, 2.75) is 13.0 Å². The lowest BCUT2D eigenvalue weighted by Gasteiger charge is -2.18. The van der Waals surface area contributed by atoms with Gasteiger partial charge in [0.15, 0.2) is 0 Å². The van der Waals surface area contributed by atoms with Gasteiger partial charge in [0, 0.05) is 12.1 Å². The molecule has 0 heterocycles. The van der Waals surface area contributed by atoms with Crippen molar-refractivity contribution < 1.29 is 18.3 Å². The van der Waals surface area contributed by atoms with Gasteiger partial charge in [0.05, 0.1) is 12.6 Å². The Hall–Kier alpha value is -1.69. The van der Waals surface area contributed by atoms with Crippen LogP contribution in [0.4, 0.5) is 13.6 Å². The molecule has 1 rings (SSSR count). The van der Waals surface area contributed by atoms with Crippen molar-refractivity contribution in [1.82, 2.24) is 5.32 Å². The molecule has 1 unspecified atom stereocenters. The van der Waals surface area contributed by atoms with Crippen molar-refractivity contribution in [1.29, 1.82) is 0 Å². The zero-order valence-corrected chi connectivity index (χ0v) is 9.37. The number of ether oxygens (including phenoxy) is 1. The minimum absolute atomic E-state index is 0.128. The SMILES string of the molecule is CCOC(=O)NC(CN)c1c(F)cccc1F. The molecule has 0 fully saturated rings. The number of halogens is 2. The summed E-state index contributed by atoms with van der Waals surface area (Å²) < 4.78 is 31.5. The molecule has 6 heteroatoms. The Balaban J connectivity index is 2.90. The van der Waals surface area contributed by atoms with E-state index in [2.05, 4.69) is 10.1 Å². The molecule has 0 aliphatic rings. The summed E-state index contributed by atoms with van der Waals surface area (Å²) in [5.74, 6) is -1.51. The largest absolute Gasteiger partial charge is 0.450 e. The van der Waals surface area contributed by atoms with Crippen molar-refractivity contribution in [3.8, 4) is 0 Å². The zero-order chi connectivity index (χ0) is 12.8. The fraction of sp³-hybridized carbons (Fsp3) is 0.364. The van der Waals surface area contributed by atoms with Crippen molar-refractivity contribution >= 4 is 6.09 Å². The number of alkyl carbamates (subject to hydrolysis) is 1. The van der Waals surface area contributed by atoms with Crippen LogP contribution in [0.5, 0.6) is 0 Å². The number of carbonyl (C=O) groups is 1. The van der Waals surface area contributed by atoms with E-state index >= 15 is 0 Å². The summed E-state index contributed by atoms with van der Waals surface area (Å²) in [6, 6.07) is 2.50. The average Bonchev–Trinajstić information content (AvgIpc) is 2.27. The molecular formula is C11H14F2N2O2. The lowest BCUT2D eigenvalue weighted by Crippen LogP contribution is -2.35. The Kier molecular flexibility index (Phi) is 4.84. The van der Waals surface area contributed by atoms with Gasteiger partial charge < -0.3 is 15.8 Å². The van der Waals surface area contributed by atoms with Gasteiger partial charge >= 0.3 is 6.09 Å². The number of hydrogen-bond donors (Lipinski definition) is 2. The van der Waals surface area contributed by atoms with E-state index in [0.717, 1.165) is 12.1 Å². The molecule has 3 N–H and O–H groups in total. The highest BCUT2D eigenvalue weighted by atomic mass is 19.1. The van der Waals surface area contributed by atoms with Crippen LogP contribution in [0.2, 0.25) is 0 Å². The van der Waals surface area contributed by atoms with Gasteiger partial charge in [0.2, 0.25) is 0 Å². The first kappa shape index (κ1) is 13.4. The molecule has 0 saturated heterocycles. The van der Waals surface area contributed by atoms with Crippen LogP contribution in [0.1, 0.15) is 18.5 Å². The second kappa shape index (κ2) is 6.15. The highest BCUT2D eigenvalue weighted by molar-refractivity contribution is 5.67. The number of nitrogens with two attached hydrogens (primary N) is 1. The molecule has 17 heavy (non-hydrogen) atoms. The average molecular weight is 244 g/mol. The summed E-state index contributed by atoms with van der Waals surface area (Å²) in [7, 11) is 0. The van der Waals surface area contributed by atoms with Gasteiger partial charge in [-0.05, 0) is 19.1 Å². The van der Waals surface area contributed by atoms with Crippen LogP contribution in [0, 0.1) is 11.6 Å². The minimum Gasteiger partial charge on any atom is -0.450 e. The first-order valence-corrected chi connectivity index (χ1v) is 5.17. The van der Waals surface area contributed by atoms with Crippen molar-refractivity contribution in [2.24, 2.45) is 5.73 Å². The molecule has 0 aromatic heterocycles. The summed E-state index contributed by atoms with van der Waals surface area (Å²) in [6.45, 7) is 1.67. The molecule has 1 amide bonds. The molecule has 0 aliphatic heterocycles. The molecule has 0 aliphatic carbocycles. The Morgan fingerprint density at radius 3 is 2.53 bits per heavy atom. The van der Waals surface area contributed by atoms with Crippen LogP contribution in [0.15, 0.2) is 18.2 Å². The monoisotopic (exact) mass is 244 g/mol. The van der Waals surface area contributed by atoms with Crippen molar-refractivity contribution in [3.05, 3.63) is 35.4 Å². The zero-order valence-electron chi connectivity index (χ0n) is 9.37.